The molecule has 2 aromatic heterocycles. The molecule has 7 nitrogen and oxygen atoms in total. The highest BCUT2D eigenvalue weighted by atomic mass is 16.5. The number of urea groups is 1. The van der Waals surface area contributed by atoms with Gasteiger partial charge in [-0.15, -0.1) is 6.58 Å². The van der Waals surface area contributed by atoms with Crippen molar-refractivity contribution < 1.29 is 14.3 Å². The largest absolute Gasteiger partial charge is 0.462 e. The summed E-state index contributed by atoms with van der Waals surface area (Å²) in [6, 6.07) is 2.99. The number of hydrogen-bond donors (Lipinski definition) is 2. The number of nitrogens with one attached hydrogen (secondary N) is 2. The number of aromatic nitrogens is 2. The Morgan fingerprint density at radius 3 is 3.05 bits per heavy atom. The summed E-state index contributed by atoms with van der Waals surface area (Å²) in [5.74, 6) is -0.444. The number of nitrogens with zero attached hydrogens (tertiary/aromatic N) is 2. The molecule has 2 rings (SSSR count). The average Bonchev–Trinajstić information content (AvgIpc) is 2.88. The van der Waals surface area contributed by atoms with Crippen LogP contribution in [0.4, 0.5) is 10.5 Å². The van der Waals surface area contributed by atoms with Gasteiger partial charge in [0.1, 0.15) is 5.56 Å². The molecule has 0 fully saturated rings. The van der Waals surface area contributed by atoms with E-state index in [0.29, 0.717) is 23.3 Å². The summed E-state index contributed by atoms with van der Waals surface area (Å²) < 4.78 is 6.51. The SMILES string of the molecule is C=CCNC(=O)Nc1ccn2ncc(C(=O)OCC)c2c1. The van der Waals surface area contributed by atoms with Crippen molar-refractivity contribution in [2.75, 3.05) is 18.5 Å². The third kappa shape index (κ3) is 3.38. The van der Waals surface area contributed by atoms with E-state index < -0.39 is 5.97 Å². The molecule has 2 N–H and O–H groups in total. The molecule has 0 radical (unpaired) electrons. The first-order valence-electron chi connectivity index (χ1n) is 6.46. The van der Waals surface area contributed by atoms with E-state index in [9.17, 15) is 9.59 Å². The first-order valence-corrected chi connectivity index (χ1v) is 6.46. The fourth-order valence-electron chi connectivity index (χ4n) is 1.76. The smallest absolute Gasteiger partial charge is 0.341 e. The van der Waals surface area contributed by atoms with E-state index in [1.807, 2.05) is 0 Å². The van der Waals surface area contributed by atoms with Crippen LogP contribution in [-0.4, -0.2) is 34.8 Å². The summed E-state index contributed by atoms with van der Waals surface area (Å²) in [4.78, 5) is 23.4. The highest BCUT2D eigenvalue weighted by Gasteiger charge is 2.14. The topological polar surface area (TPSA) is 84.7 Å². The number of rotatable bonds is 5. The molecule has 2 amide bonds. The summed E-state index contributed by atoms with van der Waals surface area (Å²) in [5.41, 5.74) is 1.47. The Morgan fingerprint density at radius 1 is 1.52 bits per heavy atom. The molecule has 7 heteroatoms. The zero-order valence-corrected chi connectivity index (χ0v) is 11.6. The molecule has 2 aromatic rings. The summed E-state index contributed by atoms with van der Waals surface area (Å²) >= 11 is 0. The monoisotopic (exact) mass is 288 g/mol. The van der Waals surface area contributed by atoms with Crippen molar-refractivity contribution in [1.82, 2.24) is 14.9 Å². The van der Waals surface area contributed by atoms with Gasteiger partial charge in [0.05, 0.1) is 18.3 Å². The summed E-state index contributed by atoms with van der Waals surface area (Å²) in [6.07, 6.45) is 4.68. The fraction of sp³-hybridized carbons (Fsp3) is 0.214. The van der Waals surface area contributed by atoms with Crippen LogP contribution in [0, 0.1) is 0 Å². The standard InChI is InChI=1S/C14H16N4O3/c1-3-6-15-14(20)17-10-5-7-18-12(8-10)11(9-16-18)13(19)21-4-2/h3,5,7-9H,1,4,6H2,2H3,(H2,15,17,20). The second-order valence-electron chi connectivity index (χ2n) is 4.15. The average molecular weight is 288 g/mol. The normalized spacial score (nSPS) is 10.1. The number of amides is 2. The van der Waals surface area contributed by atoms with E-state index in [1.54, 1.807) is 35.8 Å². The van der Waals surface area contributed by atoms with Gasteiger partial charge in [0.25, 0.3) is 0 Å². The van der Waals surface area contributed by atoms with Gasteiger partial charge in [-0.2, -0.15) is 5.10 Å². The third-order valence-electron chi connectivity index (χ3n) is 2.68. The van der Waals surface area contributed by atoms with Crippen molar-refractivity contribution in [1.29, 1.82) is 0 Å². The highest BCUT2D eigenvalue weighted by Crippen LogP contribution is 2.17. The molecule has 21 heavy (non-hydrogen) atoms. The molecule has 0 aliphatic carbocycles. The van der Waals surface area contributed by atoms with E-state index in [0.717, 1.165) is 0 Å². The van der Waals surface area contributed by atoms with Gasteiger partial charge < -0.3 is 15.4 Å². The lowest BCUT2D eigenvalue weighted by molar-refractivity contribution is 0.0528. The number of hydrogen-bond acceptors (Lipinski definition) is 4. The number of pyridine rings is 1. The minimum Gasteiger partial charge on any atom is -0.462 e. The number of anilines is 1. The van der Waals surface area contributed by atoms with Crippen LogP contribution in [0.25, 0.3) is 5.52 Å². The maximum Gasteiger partial charge on any atom is 0.341 e. The van der Waals surface area contributed by atoms with Crippen LogP contribution in [0.5, 0.6) is 0 Å². The van der Waals surface area contributed by atoms with Crippen LogP contribution >= 0.6 is 0 Å². The van der Waals surface area contributed by atoms with Crippen LogP contribution in [0.2, 0.25) is 0 Å². The quantitative estimate of drug-likeness (QED) is 0.649. The maximum absolute atomic E-state index is 11.8. The van der Waals surface area contributed by atoms with Crippen LogP contribution in [-0.2, 0) is 4.74 Å². The predicted octanol–water partition coefficient (Wildman–Crippen LogP) is 1.82. The molecule has 110 valence electrons. The van der Waals surface area contributed by atoms with E-state index in [2.05, 4.69) is 22.3 Å². The van der Waals surface area contributed by atoms with E-state index >= 15 is 0 Å². The molecule has 0 atom stereocenters. The predicted molar refractivity (Wildman–Crippen MR) is 78.4 cm³/mol. The lowest BCUT2D eigenvalue weighted by Crippen LogP contribution is -2.28. The zero-order chi connectivity index (χ0) is 15.2. The van der Waals surface area contributed by atoms with Crippen LogP contribution in [0.15, 0.2) is 37.2 Å². The Bertz CT molecular complexity index is 678. The molecule has 0 bridgehead atoms. The maximum atomic E-state index is 11.8. The minimum atomic E-state index is -0.444. The van der Waals surface area contributed by atoms with Gasteiger partial charge >= 0.3 is 12.0 Å². The van der Waals surface area contributed by atoms with Gasteiger partial charge in [-0.05, 0) is 19.1 Å². The van der Waals surface area contributed by atoms with E-state index in [-0.39, 0.29) is 12.6 Å². The zero-order valence-electron chi connectivity index (χ0n) is 11.6. The molecule has 0 unspecified atom stereocenters. The third-order valence-corrected chi connectivity index (χ3v) is 2.68. The van der Waals surface area contributed by atoms with Crippen molar-refractivity contribution in [2.45, 2.75) is 6.92 Å². The van der Waals surface area contributed by atoms with Crippen LogP contribution in [0.3, 0.4) is 0 Å². The van der Waals surface area contributed by atoms with Crippen LogP contribution < -0.4 is 10.6 Å². The lowest BCUT2D eigenvalue weighted by atomic mass is 10.2. The molecule has 0 saturated heterocycles. The number of carbonyl (C=O) groups excluding carboxylic acids is 2. The summed E-state index contributed by atoms with van der Waals surface area (Å²) in [6.45, 7) is 5.91. The van der Waals surface area contributed by atoms with Crippen molar-refractivity contribution >= 4 is 23.2 Å². The molecular weight excluding hydrogens is 272 g/mol. The second-order valence-corrected chi connectivity index (χ2v) is 4.15. The Kier molecular flexibility index (Phi) is 4.55. The van der Waals surface area contributed by atoms with Crippen molar-refractivity contribution in [2.24, 2.45) is 0 Å². The number of carbonyl (C=O) groups is 2. The van der Waals surface area contributed by atoms with E-state index in [4.69, 9.17) is 4.74 Å². The van der Waals surface area contributed by atoms with Gasteiger partial charge in [0, 0.05) is 18.4 Å². The molecule has 2 heterocycles. The number of fused-ring (bicyclic) bond motifs is 1. The van der Waals surface area contributed by atoms with Gasteiger partial charge in [-0.3, -0.25) is 0 Å². The van der Waals surface area contributed by atoms with Gasteiger partial charge in [-0.25, -0.2) is 14.1 Å². The van der Waals surface area contributed by atoms with Gasteiger partial charge in [0.15, 0.2) is 0 Å². The summed E-state index contributed by atoms with van der Waals surface area (Å²) in [5, 5.41) is 9.33. The first kappa shape index (κ1) is 14.6. The molecule has 0 aromatic carbocycles. The molecule has 0 spiro atoms. The number of ether oxygens (including phenoxy) is 1. The van der Waals surface area contributed by atoms with Gasteiger partial charge in [0.2, 0.25) is 0 Å². The van der Waals surface area contributed by atoms with Crippen LogP contribution in [0.1, 0.15) is 17.3 Å². The molecular formula is C14H16N4O3. The Hall–Kier alpha value is -2.83. The Labute approximate surface area is 121 Å². The Morgan fingerprint density at radius 2 is 2.33 bits per heavy atom. The molecule has 0 aliphatic heterocycles. The highest BCUT2D eigenvalue weighted by molar-refractivity contribution is 5.98. The molecule has 0 saturated carbocycles. The minimum absolute atomic E-state index is 0.290. The van der Waals surface area contributed by atoms with Crippen molar-refractivity contribution in [3.8, 4) is 0 Å². The second kappa shape index (κ2) is 6.56. The fourth-order valence-corrected chi connectivity index (χ4v) is 1.76. The van der Waals surface area contributed by atoms with Crippen molar-refractivity contribution in [3.05, 3.63) is 42.7 Å². The Balaban J connectivity index is 2.23. The first-order chi connectivity index (χ1) is 10.2. The van der Waals surface area contributed by atoms with Gasteiger partial charge in [-0.1, -0.05) is 6.08 Å². The lowest BCUT2D eigenvalue weighted by Gasteiger charge is -2.06. The van der Waals surface area contributed by atoms with E-state index in [1.165, 1.54) is 6.20 Å². The van der Waals surface area contributed by atoms with Crippen molar-refractivity contribution in [3.63, 3.8) is 0 Å². The number of esters is 1. The molecule has 0 aliphatic rings. The summed E-state index contributed by atoms with van der Waals surface area (Å²) in [7, 11) is 0.